The molecule has 0 fully saturated rings. The molecule has 0 amide bonds. The van der Waals surface area contributed by atoms with Gasteiger partial charge in [0, 0.05) is 12.6 Å². The zero-order valence-electron chi connectivity index (χ0n) is 13.5. The second-order valence-electron chi connectivity index (χ2n) is 5.88. The molecule has 0 heterocycles. The van der Waals surface area contributed by atoms with Crippen LogP contribution in [0.5, 0.6) is 0 Å². The van der Waals surface area contributed by atoms with Crippen molar-refractivity contribution in [3.05, 3.63) is 69.7 Å². The Balaban J connectivity index is 1.78. The fraction of sp³-hybridized carbons (Fsp3) is 0.0500. The smallest absolute Gasteiger partial charge is 0.200 e. The van der Waals surface area contributed by atoms with Crippen LogP contribution in [0.3, 0.4) is 0 Å². The van der Waals surface area contributed by atoms with Gasteiger partial charge in [0.2, 0.25) is 5.96 Å². The van der Waals surface area contributed by atoms with Crippen LogP contribution < -0.4 is 10.6 Å². The highest BCUT2D eigenvalue weighted by atomic mass is 35.5. The van der Waals surface area contributed by atoms with Gasteiger partial charge in [-0.05, 0) is 34.5 Å². The number of halogens is 2. The molecule has 0 bridgehead atoms. The lowest BCUT2D eigenvalue weighted by Gasteiger charge is -2.20. The van der Waals surface area contributed by atoms with E-state index in [-0.39, 0.29) is 0 Å². The Morgan fingerprint density at radius 1 is 1.00 bits per heavy atom. The highest BCUT2D eigenvalue weighted by molar-refractivity contribution is 6.44. The van der Waals surface area contributed by atoms with Crippen molar-refractivity contribution in [1.82, 2.24) is 0 Å². The number of hydrogen-bond acceptors (Lipinski definition) is 1. The maximum Gasteiger partial charge on any atom is 0.200 e. The third kappa shape index (κ3) is 2.66. The Hall–Kier alpha value is -2.49. The molecule has 0 saturated carbocycles. The minimum Gasteiger partial charge on any atom is -0.369 e. The van der Waals surface area contributed by atoms with Crippen molar-refractivity contribution in [1.29, 1.82) is 0 Å². The van der Waals surface area contributed by atoms with Gasteiger partial charge >= 0.3 is 0 Å². The first-order valence-electron chi connectivity index (χ1n) is 7.82. The molecule has 5 heteroatoms. The van der Waals surface area contributed by atoms with Crippen molar-refractivity contribution in [2.75, 3.05) is 11.9 Å². The summed E-state index contributed by atoms with van der Waals surface area (Å²) in [4.78, 5) is 6.36. The zero-order chi connectivity index (χ0) is 17.6. The van der Waals surface area contributed by atoms with E-state index < -0.39 is 0 Å². The molecule has 3 aromatic rings. The van der Waals surface area contributed by atoms with E-state index in [9.17, 15) is 0 Å². The van der Waals surface area contributed by atoms with Crippen LogP contribution in [0.25, 0.3) is 22.9 Å². The summed E-state index contributed by atoms with van der Waals surface area (Å²) in [5.74, 6) is 0.345. The van der Waals surface area contributed by atoms with Gasteiger partial charge in [0.1, 0.15) is 0 Å². The topological polar surface area (TPSA) is 41.6 Å². The second kappa shape index (κ2) is 6.10. The van der Waals surface area contributed by atoms with Crippen LogP contribution in [0.15, 0.2) is 53.5 Å². The summed E-state index contributed by atoms with van der Waals surface area (Å²) in [6.07, 6.45) is 4.18. The van der Waals surface area contributed by atoms with E-state index in [1.54, 1.807) is 11.0 Å². The molecule has 0 spiro atoms. The fourth-order valence-electron chi connectivity index (χ4n) is 3.08. The van der Waals surface area contributed by atoms with Crippen molar-refractivity contribution in [2.24, 2.45) is 10.7 Å². The van der Waals surface area contributed by atoms with Gasteiger partial charge in [0.05, 0.1) is 21.4 Å². The van der Waals surface area contributed by atoms with E-state index >= 15 is 0 Å². The third-order valence-electron chi connectivity index (χ3n) is 4.40. The van der Waals surface area contributed by atoms with Gasteiger partial charge in [-0.1, -0.05) is 65.7 Å². The van der Waals surface area contributed by atoms with Crippen molar-refractivity contribution < 1.29 is 0 Å². The Morgan fingerprint density at radius 2 is 1.80 bits per heavy atom. The van der Waals surface area contributed by atoms with Crippen LogP contribution in [-0.4, -0.2) is 13.0 Å². The maximum absolute atomic E-state index is 6.28. The molecule has 0 aromatic heterocycles. The van der Waals surface area contributed by atoms with E-state index in [4.69, 9.17) is 28.9 Å². The standard InChI is InChI=1S/C20H15Cl2N3/c1-25(17-7-3-6-15(21)19(17)22)20(23)24-16-11-9-13-5-2-4-12-8-10-14(16)18(12)13/h2-11H,1H3,(H2,23,24). The van der Waals surface area contributed by atoms with Crippen molar-refractivity contribution in [3.63, 3.8) is 0 Å². The number of nitrogens with zero attached hydrogens (tertiary/aromatic N) is 2. The predicted molar refractivity (Wildman–Crippen MR) is 109 cm³/mol. The number of nitrogens with two attached hydrogens (primary N) is 1. The van der Waals surface area contributed by atoms with E-state index in [1.165, 1.54) is 16.3 Å². The first-order valence-corrected chi connectivity index (χ1v) is 8.57. The predicted octanol–water partition coefficient (Wildman–Crippen LogP) is 5.71. The number of rotatable bonds is 2. The molecule has 1 aliphatic carbocycles. The summed E-state index contributed by atoms with van der Waals surface area (Å²) < 4.78 is 0. The fourth-order valence-corrected chi connectivity index (χ4v) is 3.50. The number of aliphatic imine (C=N–C) groups is 1. The van der Waals surface area contributed by atoms with E-state index in [0.717, 1.165) is 11.3 Å². The zero-order valence-corrected chi connectivity index (χ0v) is 15.0. The van der Waals surface area contributed by atoms with Gasteiger partial charge in [-0.2, -0.15) is 0 Å². The van der Waals surface area contributed by atoms with Gasteiger partial charge < -0.3 is 10.6 Å². The Kier molecular flexibility index (Phi) is 3.91. The van der Waals surface area contributed by atoms with Gasteiger partial charge in [-0.15, -0.1) is 0 Å². The van der Waals surface area contributed by atoms with Crippen LogP contribution in [0, 0.1) is 0 Å². The van der Waals surface area contributed by atoms with Gasteiger partial charge in [0.15, 0.2) is 0 Å². The second-order valence-corrected chi connectivity index (χ2v) is 6.66. The largest absolute Gasteiger partial charge is 0.369 e. The number of benzene rings is 3. The van der Waals surface area contributed by atoms with Gasteiger partial charge in [0.25, 0.3) is 0 Å². The molecule has 0 saturated heterocycles. The highest BCUT2D eigenvalue weighted by Crippen LogP contribution is 2.37. The molecule has 0 atom stereocenters. The average Bonchev–Trinajstić information content (AvgIpc) is 3.05. The van der Waals surface area contributed by atoms with Crippen LogP contribution in [0.4, 0.5) is 11.4 Å². The summed E-state index contributed by atoms with van der Waals surface area (Å²) in [5.41, 5.74) is 10.1. The molecule has 3 nitrogen and oxygen atoms in total. The summed E-state index contributed by atoms with van der Waals surface area (Å²) in [7, 11) is 1.82. The Labute approximate surface area is 156 Å². The first-order chi connectivity index (χ1) is 12.1. The highest BCUT2D eigenvalue weighted by Gasteiger charge is 2.15. The SMILES string of the molecule is CN(C(N)=Nc1ccc2cccc3c2c1C=C3)c1cccc(Cl)c1Cl. The molecule has 4 rings (SSSR count). The summed E-state index contributed by atoms with van der Waals surface area (Å²) >= 11 is 12.4. The van der Waals surface area contributed by atoms with Crippen LogP contribution in [0.1, 0.15) is 11.1 Å². The van der Waals surface area contributed by atoms with Crippen LogP contribution in [0.2, 0.25) is 10.0 Å². The molecule has 0 radical (unpaired) electrons. The Bertz CT molecular complexity index is 1050. The lowest BCUT2D eigenvalue weighted by Crippen LogP contribution is -2.33. The molecule has 0 aliphatic heterocycles. The lowest BCUT2D eigenvalue weighted by molar-refractivity contribution is 1.22. The van der Waals surface area contributed by atoms with Gasteiger partial charge in [-0.25, -0.2) is 4.99 Å². The molecular weight excluding hydrogens is 353 g/mol. The summed E-state index contributed by atoms with van der Waals surface area (Å²) in [6, 6.07) is 15.7. The Morgan fingerprint density at radius 3 is 2.64 bits per heavy atom. The van der Waals surface area contributed by atoms with Crippen molar-refractivity contribution >= 4 is 63.5 Å². The molecule has 1 aliphatic rings. The maximum atomic E-state index is 6.28. The average molecular weight is 368 g/mol. The number of anilines is 1. The van der Waals surface area contributed by atoms with Crippen molar-refractivity contribution in [2.45, 2.75) is 0 Å². The molecule has 0 unspecified atom stereocenters. The van der Waals surface area contributed by atoms with Crippen LogP contribution >= 0.6 is 23.2 Å². The number of guanidine groups is 1. The normalized spacial score (nSPS) is 12.8. The molecule has 25 heavy (non-hydrogen) atoms. The molecule has 2 N–H and O–H groups in total. The molecule has 3 aromatic carbocycles. The van der Waals surface area contributed by atoms with E-state index in [2.05, 4.69) is 41.4 Å². The monoisotopic (exact) mass is 367 g/mol. The molecular formula is C20H15Cl2N3. The molecule has 124 valence electrons. The summed E-state index contributed by atoms with van der Waals surface area (Å²) in [5, 5.41) is 3.34. The minimum absolute atomic E-state index is 0.345. The lowest BCUT2D eigenvalue weighted by atomic mass is 10.0. The van der Waals surface area contributed by atoms with Crippen molar-refractivity contribution in [3.8, 4) is 0 Å². The van der Waals surface area contributed by atoms with Crippen LogP contribution in [-0.2, 0) is 0 Å². The van der Waals surface area contributed by atoms with Gasteiger partial charge in [-0.3, -0.25) is 0 Å². The van der Waals surface area contributed by atoms with E-state index in [1.807, 2.05) is 25.2 Å². The minimum atomic E-state index is 0.345. The summed E-state index contributed by atoms with van der Waals surface area (Å²) in [6.45, 7) is 0. The quantitative estimate of drug-likeness (QED) is 0.364. The third-order valence-corrected chi connectivity index (χ3v) is 5.20. The van der Waals surface area contributed by atoms with E-state index in [0.29, 0.717) is 21.7 Å². The number of hydrogen-bond donors (Lipinski definition) is 1. The first kappa shape index (κ1) is 16.0.